The fourth-order valence-corrected chi connectivity index (χ4v) is 3.51. The van der Waals surface area contributed by atoms with Crippen molar-refractivity contribution in [3.05, 3.63) is 53.6 Å². The second-order valence-electron chi connectivity index (χ2n) is 5.55. The van der Waals surface area contributed by atoms with E-state index in [-0.39, 0.29) is 21.7 Å². The number of carbonyl (C=O) groups is 2. The van der Waals surface area contributed by atoms with Gasteiger partial charge in [0.15, 0.2) is 0 Å². The van der Waals surface area contributed by atoms with Crippen molar-refractivity contribution in [3.63, 3.8) is 0 Å². The van der Waals surface area contributed by atoms with Gasteiger partial charge in [0.1, 0.15) is 5.75 Å². The Hall–Kier alpha value is -3.08. The Kier molecular flexibility index (Phi) is 4.34. The van der Waals surface area contributed by atoms with Gasteiger partial charge in [0.05, 0.1) is 16.0 Å². The lowest BCUT2D eigenvalue weighted by Gasteiger charge is -2.11. The molecule has 0 saturated carbocycles. The number of imide groups is 1. The Labute approximate surface area is 151 Å². The van der Waals surface area contributed by atoms with Gasteiger partial charge in [-0.05, 0) is 42.5 Å². The Bertz CT molecular complexity index is 1030. The van der Waals surface area contributed by atoms with Crippen LogP contribution in [0.1, 0.15) is 20.7 Å². The van der Waals surface area contributed by atoms with Crippen LogP contribution in [0.4, 0.5) is 18.9 Å². The summed E-state index contributed by atoms with van der Waals surface area (Å²) in [6.45, 7) is 0. The Balaban J connectivity index is 1.84. The van der Waals surface area contributed by atoms with E-state index in [1.165, 1.54) is 25.2 Å². The molecule has 7 nitrogen and oxygen atoms in total. The third kappa shape index (κ3) is 3.72. The van der Waals surface area contributed by atoms with Crippen molar-refractivity contribution in [2.75, 3.05) is 11.8 Å². The van der Waals surface area contributed by atoms with Gasteiger partial charge in [-0.3, -0.25) is 19.2 Å². The summed E-state index contributed by atoms with van der Waals surface area (Å²) in [7, 11) is -2.83. The van der Waals surface area contributed by atoms with E-state index >= 15 is 0 Å². The van der Waals surface area contributed by atoms with E-state index in [9.17, 15) is 31.2 Å². The molecule has 2 aromatic rings. The molecule has 0 atom stereocenters. The smallest absolute Gasteiger partial charge is 0.406 e. The summed E-state index contributed by atoms with van der Waals surface area (Å²) >= 11 is 0. The van der Waals surface area contributed by atoms with Gasteiger partial charge in [-0.25, -0.2) is 8.42 Å². The molecule has 1 heterocycles. The molecule has 1 aliphatic rings. The molecule has 11 heteroatoms. The van der Waals surface area contributed by atoms with E-state index in [4.69, 9.17) is 0 Å². The molecule has 1 N–H and O–H groups in total. The molecule has 2 amide bonds. The summed E-state index contributed by atoms with van der Waals surface area (Å²) in [6, 6.07) is 7.46. The Morgan fingerprint density at radius 3 is 2.15 bits per heavy atom. The highest BCUT2D eigenvalue weighted by Crippen LogP contribution is 2.27. The number of rotatable bonds is 4. The zero-order valence-electron chi connectivity index (χ0n) is 13.6. The maximum Gasteiger partial charge on any atom is 0.573 e. The second kappa shape index (κ2) is 6.27. The minimum atomic E-state index is -4.89. The average molecular weight is 400 g/mol. The molecule has 0 fully saturated rings. The fraction of sp³-hybridized carbons (Fsp3) is 0.125. The number of fused-ring (bicyclic) bond motifs is 1. The molecule has 3 rings (SSSR count). The number of nitrogens with one attached hydrogen (secondary N) is 1. The molecular formula is C16H11F3N2O5S. The van der Waals surface area contributed by atoms with E-state index in [2.05, 4.69) is 9.46 Å². The van der Waals surface area contributed by atoms with Crippen LogP contribution in [0.25, 0.3) is 0 Å². The largest absolute Gasteiger partial charge is 0.573 e. The van der Waals surface area contributed by atoms with Gasteiger partial charge >= 0.3 is 6.36 Å². The minimum absolute atomic E-state index is 0.0285. The first-order chi connectivity index (χ1) is 12.5. The van der Waals surface area contributed by atoms with Gasteiger partial charge in [-0.2, -0.15) is 0 Å². The number of sulfonamides is 1. The topological polar surface area (TPSA) is 92.8 Å². The molecule has 0 radical (unpaired) electrons. The van der Waals surface area contributed by atoms with Crippen molar-refractivity contribution < 1.29 is 35.9 Å². The van der Waals surface area contributed by atoms with E-state index in [0.717, 1.165) is 29.2 Å². The van der Waals surface area contributed by atoms with Gasteiger partial charge in [0.25, 0.3) is 21.8 Å². The molecule has 142 valence electrons. The van der Waals surface area contributed by atoms with Crippen LogP contribution < -0.4 is 9.46 Å². The summed E-state index contributed by atoms with van der Waals surface area (Å²) in [6.07, 6.45) is -4.89. The van der Waals surface area contributed by atoms with Gasteiger partial charge in [-0.15, -0.1) is 13.2 Å². The van der Waals surface area contributed by atoms with Gasteiger partial charge < -0.3 is 4.74 Å². The van der Waals surface area contributed by atoms with Crippen molar-refractivity contribution >= 4 is 27.5 Å². The number of benzene rings is 2. The zero-order valence-corrected chi connectivity index (χ0v) is 14.4. The summed E-state index contributed by atoms with van der Waals surface area (Å²) in [4.78, 5) is 24.4. The highest BCUT2D eigenvalue weighted by atomic mass is 32.2. The van der Waals surface area contributed by atoms with Crippen LogP contribution in [-0.2, 0) is 10.0 Å². The number of hydrogen-bond donors (Lipinski definition) is 1. The van der Waals surface area contributed by atoms with Crippen LogP contribution in [0, 0.1) is 0 Å². The predicted molar refractivity (Wildman–Crippen MR) is 86.8 cm³/mol. The molecule has 1 aliphatic heterocycles. The fourth-order valence-electron chi connectivity index (χ4n) is 2.46. The number of alkyl halides is 3. The monoisotopic (exact) mass is 400 g/mol. The quantitative estimate of drug-likeness (QED) is 0.797. The number of nitrogens with zero attached hydrogens (tertiary/aromatic N) is 1. The number of carbonyl (C=O) groups excluding carboxylic acids is 2. The molecule has 0 bridgehead atoms. The molecule has 0 spiro atoms. The molecule has 2 aromatic carbocycles. The van der Waals surface area contributed by atoms with Crippen molar-refractivity contribution in [2.45, 2.75) is 11.3 Å². The second-order valence-corrected chi connectivity index (χ2v) is 7.24. The summed E-state index contributed by atoms with van der Waals surface area (Å²) < 4.78 is 67.1. The SMILES string of the molecule is CN1C(=O)c2ccc(NS(=O)(=O)c3ccc(OC(F)(F)F)cc3)cc2C1=O. The first-order valence-electron chi connectivity index (χ1n) is 7.33. The number of ether oxygens (including phenoxy) is 1. The van der Waals surface area contributed by atoms with Gasteiger partial charge in [-0.1, -0.05) is 0 Å². The Morgan fingerprint density at radius 2 is 1.56 bits per heavy atom. The maximum absolute atomic E-state index is 12.4. The summed E-state index contributed by atoms with van der Waals surface area (Å²) in [5.74, 6) is -1.62. The maximum atomic E-state index is 12.4. The van der Waals surface area contributed by atoms with Crippen LogP contribution in [0.3, 0.4) is 0 Å². The summed E-state index contributed by atoms with van der Waals surface area (Å²) in [5, 5.41) is 0. The molecule has 0 unspecified atom stereocenters. The van der Waals surface area contributed by atoms with Crippen LogP contribution >= 0.6 is 0 Å². The minimum Gasteiger partial charge on any atom is -0.406 e. The van der Waals surface area contributed by atoms with Crippen molar-refractivity contribution in [2.24, 2.45) is 0 Å². The Morgan fingerprint density at radius 1 is 0.963 bits per heavy atom. The van der Waals surface area contributed by atoms with Crippen LogP contribution in [0.2, 0.25) is 0 Å². The van der Waals surface area contributed by atoms with E-state index in [0.29, 0.717) is 0 Å². The molecule has 27 heavy (non-hydrogen) atoms. The van der Waals surface area contributed by atoms with Crippen LogP contribution in [0.15, 0.2) is 47.4 Å². The van der Waals surface area contributed by atoms with E-state index in [1.54, 1.807) is 0 Å². The van der Waals surface area contributed by atoms with E-state index in [1.807, 2.05) is 0 Å². The van der Waals surface area contributed by atoms with Gasteiger partial charge in [0.2, 0.25) is 0 Å². The normalized spacial score (nSPS) is 14.3. The zero-order chi connectivity index (χ0) is 20.0. The lowest BCUT2D eigenvalue weighted by molar-refractivity contribution is -0.274. The molecule has 0 saturated heterocycles. The lowest BCUT2D eigenvalue weighted by atomic mass is 10.1. The van der Waals surface area contributed by atoms with E-state index < -0.39 is 33.9 Å². The van der Waals surface area contributed by atoms with Crippen molar-refractivity contribution in [1.29, 1.82) is 0 Å². The summed E-state index contributed by atoms with van der Waals surface area (Å²) in [5.41, 5.74) is 0.233. The van der Waals surface area contributed by atoms with Crippen LogP contribution in [0.5, 0.6) is 5.75 Å². The van der Waals surface area contributed by atoms with Crippen molar-refractivity contribution in [1.82, 2.24) is 4.90 Å². The average Bonchev–Trinajstić information content (AvgIpc) is 2.78. The number of anilines is 1. The standard InChI is InChI=1S/C16H11F3N2O5S/c1-21-14(22)12-7-2-9(8-13(12)15(21)23)20-27(24,25)11-5-3-10(4-6-11)26-16(17,18)19/h2-8,20H,1H3. The first kappa shape index (κ1) is 18.7. The third-order valence-electron chi connectivity index (χ3n) is 3.71. The lowest BCUT2D eigenvalue weighted by Crippen LogP contribution is -2.24. The number of halogens is 3. The van der Waals surface area contributed by atoms with Gasteiger partial charge in [0, 0.05) is 12.7 Å². The molecular weight excluding hydrogens is 389 g/mol. The number of amides is 2. The molecule has 0 aliphatic carbocycles. The predicted octanol–water partition coefficient (Wildman–Crippen LogP) is 2.61. The number of hydrogen-bond acceptors (Lipinski definition) is 5. The highest BCUT2D eigenvalue weighted by molar-refractivity contribution is 7.92. The molecule has 0 aromatic heterocycles. The highest BCUT2D eigenvalue weighted by Gasteiger charge is 2.33. The third-order valence-corrected chi connectivity index (χ3v) is 5.11. The van der Waals surface area contributed by atoms with Crippen LogP contribution in [-0.4, -0.2) is 38.5 Å². The first-order valence-corrected chi connectivity index (χ1v) is 8.81. The van der Waals surface area contributed by atoms with Crippen molar-refractivity contribution in [3.8, 4) is 5.75 Å².